The van der Waals surface area contributed by atoms with Crippen LogP contribution in [0, 0.1) is 5.41 Å². The molecule has 0 aromatic rings. The van der Waals surface area contributed by atoms with Gasteiger partial charge in [-0.05, 0) is 6.92 Å². The molecule has 2 unspecified atom stereocenters. The normalized spacial score (nSPS) is 27.9. The lowest BCUT2D eigenvalue weighted by Gasteiger charge is -2.22. The molecule has 1 rings (SSSR count). The summed E-state index contributed by atoms with van der Waals surface area (Å²) in [5.74, 6) is 0. The van der Waals surface area contributed by atoms with Crippen molar-refractivity contribution in [2.75, 3.05) is 0 Å². The molecule has 1 aliphatic rings. The highest BCUT2D eigenvalue weighted by Gasteiger charge is 2.25. The van der Waals surface area contributed by atoms with E-state index in [0.717, 1.165) is 10.9 Å². The van der Waals surface area contributed by atoms with Gasteiger partial charge in [0.1, 0.15) is 0 Å². The number of hydrogen-bond donors (Lipinski definition) is 2. The van der Waals surface area contributed by atoms with Gasteiger partial charge in [-0.25, -0.2) is 4.99 Å². The van der Waals surface area contributed by atoms with Crippen molar-refractivity contribution < 1.29 is 5.11 Å². The number of aliphatic hydroxyl groups is 1. The van der Waals surface area contributed by atoms with E-state index < -0.39 is 6.23 Å². The van der Waals surface area contributed by atoms with E-state index in [9.17, 15) is 5.11 Å². The Balaban J connectivity index is 2.67. The molecule has 14 heavy (non-hydrogen) atoms. The maximum atomic E-state index is 9.75. The van der Waals surface area contributed by atoms with Crippen LogP contribution in [-0.2, 0) is 0 Å². The minimum Gasteiger partial charge on any atom is -0.371 e. The Morgan fingerprint density at radius 3 is 2.50 bits per heavy atom. The maximum absolute atomic E-state index is 9.75. The number of nitrogens with one attached hydrogen (secondary N) is 1. The van der Waals surface area contributed by atoms with Gasteiger partial charge in [-0.3, -0.25) is 0 Å². The molecule has 0 aliphatic carbocycles. The average Bonchev–Trinajstić information content (AvgIpc) is 2.29. The standard InChI is InChI=1S/C10H18N2OS/c1-6-7(2)14-9(11-6)12-8(13)10(3,4)5/h7-8,13H,1H2,2-5H3,(H,11,12). The fraction of sp³-hybridized carbons (Fsp3) is 0.700. The van der Waals surface area contributed by atoms with Crippen molar-refractivity contribution in [2.24, 2.45) is 10.4 Å². The molecule has 1 fully saturated rings. The molecule has 4 heteroatoms. The van der Waals surface area contributed by atoms with Crippen LogP contribution in [0.2, 0.25) is 0 Å². The molecule has 2 N–H and O–H groups in total. The largest absolute Gasteiger partial charge is 0.371 e. The highest BCUT2D eigenvalue weighted by Crippen LogP contribution is 2.27. The zero-order valence-electron chi connectivity index (χ0n) is 9.16. The molecule has 1 heterocycles. The van der Waals surface area contributed by atoms with Crippen molar-refractivity contribution in [1.82, 2.24) is 5.32 Å². The SMILES string of the molecule is C=C1NC(=NC(O)C(C)(C)C)SC1C. The van der Waals surface area contributed by atoms with Gasteiger partial charge in [0.2, 0.25) is 0 Å². The molecule has 2 atom stereocenters. The molecule has 0 amide bonds. The second kappa shape index (κ2) is 3.95. The Bertz CT molecular complexity index is 268. The van der Waals surface area contributed by atoms with Gasteiger partial charge in [0.25, 0.3) is 0 Å². The van der Waals surface area contributed by atoms with Gasteiger partial charge < -0.3 is 10.4 Å². The van der Waals surface area contributed by atoms with E-state index in [-0.39, 0.29) is 5.41 Å². The molecule has 0 aromatic heterocycles. The smallest absolute Gasteiger partial charge is 0.164 e. The number of amidine groups is 1. The summed E-state index contributed by atoms with van der Waals surface area (Å²) in [6, 6.07) is 0. The van der Waals surface area contributed by atoms with Gasteiger partial charge in [0, 0.05) is 16.4 Å². The Kier molecular flexibility index (Phi) is 3.27. The lowest BCUT2D eigenvalue weighted by Crippen LogP contribution is -2.26. The number of thioether (sulfide) groups is 1. The first kappa shape index (κ1) is 11.6. The van der Waals surface area contributed by atoms with E-state index in [4.69, 9.17) is 0 Å². The first-order valence-electron chi connectivity index (χ1n) is 4.69. The van der Waals surface area contributed by atoms with Crippen LogP contribution >= 0.6 is 11.8 Å². The van der Waals surface area contributed by atoms with E-state index in [1.54, 1.807) is 11.8 Å². The third-order valence-corrected chi connectivity index (χ3v) is 3.13. The highest BCUT2D eigenvalue weighted by molar-refractivity contribution is 8.14. The van der Waals surface area contributed by atoms with Gasteiger partial charge in [0.15, 0.2) is 11.4 Å². The first-order chi connectivity index (χ1) is 6.30. The maximum Gasteiger partial charge on any atom is 0.164 e. The van der Waals surface area contributed by atoms with Crippen LogP contribution in [0.4, 0.5) is 0 Å². The Morgan fingerprint density at radius 2 is 2.14 bits per heavy atom. The summed E-state index contributed by atoms with van der Waals surface area (Å²) in [7, 11) is 0. The van der Waals surface area contributed by atoms with Crippen LogP contribution in [0.5, 0.6) is 0 Å². The molecule has 0 saturated carbocycles. The van der Waals surface area contributed by atoms with E-state index in [1.165, 1.54) is 0 Å². The third-order valence-electron chi connectivity index (χ3n) is 2.06. The Labute approximate surface area is 89.7 Å². The molecule has 80 valence electrons. The Hall–Kier alpha value is -0.480. The highest BCUT2D eigenvalue weighted by atomic mass is 32.2. The van der Waals surface area contributed by atoms with Crippen LogP contribution in [0.3, 0.4) is 0 Å². The topological polar surface area (TPSA) is 44.6 Å². The number of rotatable bonds is 1. The molecular weight excluding hydrogens is 196 g/mol. The fourth-order valence-electron chi connectivity index (χ4n) is 0.874. The predicted octanol–water partition coefficient (Wildman–Crippen LogP) is 1.95. The molecule has 1 saturated heterocycles. The summed E-state index contributed by atoms with van der Waals surface area (Å²) in [5, 5.41) is 13.9. The summed E-state index contributed by atoms with van der Waals surface area (Å²) in [4.78, 5) is 4.21. The second-order valence-electron chi connectivity index (χ2n) is 4.58. The number of aliphatic imine (C=N–C) groups is 1. The zero-order valence-corrected chi connectivity index (χ0v) is 9.98. The number of nitrogens with zero attached hydrogens (tertiary/aromatic N) is 1. The molecule has 0 aromatic carbocycles. The van der Waals surface area contributed by atoms with Crippen LogP contribution in [0.25, 0.3) is 0 Å². The number of hydrogen-bond acceptors (Lipinski definition) is 3. The molecule has 0 radical (unpaired) electrons. The molecule has 3 nitrogen and oxygen atoms in total. The van der Waals surface area contributed by atoms with E-state index >= 15 is 0 Å². The second-order valence-corrected chi connectivity index (χ2v) is 5.91. The van der Waals surface area contributed by atoms with E-state index in [1.807, 2.05) is 20.8 Å². The average molecular weight is 214 g/mol. The zero-order chi connectivity index (χ0) is 10.9. The van der Waals surface area contributed by atoms with Crippen LogP contribution in [0.1, 0.15) is 27.7 Å². The van der Waals surface area contributed by atoms with Crippen LogP contribution in [-0.4, -0.2) is 21.8 Å². The minimum atomic E-state index is -0.671. The van der Waals surface area contributed by atoms with Crippen LogP contribution in [0.15, 0.2) is 17.3 Å². The monoisotopic (exact) mass is 214 g/mol. The summed E-state index contributed by atoms with van der Waals surface area (Å²) in [5.41, 5.74) is 0.734. The minimum absolute atomic E-state index is 0.220. The third kappa shape index (κ3) is 2.75. The van der Waals surface area contributed by atoms with Gasteiger partial charge in [-0.15, -0.1) is 0 Å². The lowest BCUT2D eigenvalue weighted by molar-refractivity contribution is 0.0716. The van der Waals surface area contributed by atoms with Gasteiger partial charge in [-0.2, -0.15) is 0 Å². The molecule has 0 bridgehead atoms. The van der Waals surface area contributed by atoms with Crippen molar-refractivity contribution in [2.45, 2.75) is 39.2 Å². The molecule has 0 spiro atoms. The van der Waals surface area contributed by atoms with Gasteiger partial charge >= 0.3 is 0 Å². The van der Waals surface area contributed by atoms with Crippen molar-refractivity contribution >= 4 is 16.9 Å². The molecular formula is C10H18N2OS. The summed E-state index contributed by atoms with van der Waals surface area (Å²) in [6.45, 7) is 11.8. The summed E-state index contributed by atoms with van der Waals surface area (Å²) >= 11 is 1.60. The predicted molar refractivity (Wildman–Crippen MR) is 62.2 cm³/mol. The van der Waals surface area contributed by atoms with Gasteiger partial charge in [0.05, 0.1) is 0 Å². The first-order valence-corrected chi connectivity index (χ1v) is 5.57. The summed E-state index contributed by atoms with van der Waals surface area (Å²) in [6.07, 6.45) is -0.671. The van der Waals surface area contributed by atoms with Crippen molar-refractivity contribution in [1.29, 1.82) is 0 Å². The molecule has 1 aliphatic heterocycles. The quantitative estimate of drug-likeness (QED) is 0.701. The van der Waals surface area contributed by atoms with Crippen molar-refractivity contribution in [3.63, 3.8) is 0 Å². The van der Waals surface area contributed by atoms with Crippen molar-refractivity contribution in [3.8, 4) is 0 Å². The van der Waals surface area contributed by atoms with Crippen molar-refractivity contribution in [3.05, 3.63) is 12.3 Å². The van der Waals surface area contributed by atoms with Crippen LogP contribution < -0.4 is 5.32 Å². The van der Waals surface area contributed by atoms with E-state index in [2.05, 4.69) is 23.8 Å². The van der Waals surface area contributed by atoms with E-state index in [0.29, 0.717) is 5.25 Å². The van der Waals surface area contributed by atoms with Gasteiger partial charge in [-0.1, -0.05) is 39.1 Å². The Morgan fingerprint density at radius 1 is 1.57 bits per heavy atom. The lowest BCUT2D eigenvalue weighted by atomic mass is 9.95. The fourth-order valence-corrected chi connectivity index (χ4v) is 1.76. The summed E-state index contributed by atoms with van der Waals surface area (Å²) < 4.78 is 0. The number of aliphatic hydroxyl groups excluding tert-OH is 1.